The molecule has 18 heavy (non-hydrogen) atoms. The summed E-state index contributed by atoms with van der Waals surface area (Å²) < 4.78 is 2.01. The SMILES string of the molecule is CC1CCCC(C)N1NCc1ccn(C(C)C)n1. The lowest BCUT2D eigenvalue weighted by Crippen LogP contribution is -2.51. The molecule has 102 valence electrons. The number of nitrogens with zero attached hydrogens (tertiary/aromatic N) is 3. The summed E-state index contributed by atoms with van der Waals surface area (Å²) >= 11 is 0. The molecule has 2 rings (SSSR count). The van der Waals surface area contributed by atoms with Crippen molar-refractivity contribution in [3.63, 3.8) is 0 Å². The molecule has 0 amide bonds. The van der Waals surface area contributed by atoms with E-state index >= 15 is 0 Å². The van der Waals surface area contributed by atoms with E-state index in [2.05, 4.69) is 55.5 Å². The van der Waals surface area contributed by atoms with Crippen molar-refractivity contribution < 1.29 is 0 Å². The van der Waals surface area contributed by atoms with Crippen molar-refractivity contribution in [2.45, 2.75) is 71.6 Å². The summed E-state index contributed by atoms with van der Waals surface area (Å²) in [7, 11) is 0. The molecule has 0 saturated carbocycles. The van der Waals surface area contributed by atoms with E-state index in [9.17, 15) is 0 Å². The van der Waals surface area contributed by atoms with Crippen molar-refractivity contribution in [2.24, 2.45) is 0 Å². The van der Waals surface area contributed by atoms with E-state index < -0.39 is 0 Å². The van der Waals surface area contributed by atoms with Gasteiger partial charge in [-0.2, -0.15) is 5.10 Å². The van der Waals surface area contributed by atoms with Crippen LogP contribution >= 0.6 is 0 Å². The molecule has 0 aliphatic carbocycles. The zero-order valence-electron chi connectivity index (χ0n) is 12.1. The third-order valence-corrected chi connectivity index (χ3v) is 3.83. The zero-order chi connectivity index (χ0) is 13.1. The molecule has 4 nitrogen and oxygen atoms in total. The van der Waals surface area contributed by atoms with E-state index in [1.54, 1.807) is 0 Å². The first kappa shape index (κ1) is 13.6. The number of hydrogen-bond acceptors (Lipinski definition) is 3. The molecule has 0 spiro atoms. The van der Waals surface area contributed by atoms with Gasteiger partial charge in [-0.15, -0.1) is 0 Å². The first-order chi connectivity index (χ1) is 8.58. The Hall–Kier alpha value is -0.870. The molecule has 0 bridgehead atoms. The summed E-state index contributed by atoms with van der Waals surface area (Å²) in [6.07, 6.45) is 5.99. The highest BCUT2D eigenvalue weighted by atomic mass is 15.5. The van der Waals surface area contributed by atoms with Crippen LogP contribution in [0.4, 0.5) is 0 Å². The van der Waals surface area contributed by atoms with Gasteiger partial charge in [0.05, 0.1) is 12.2 Å². The van der Waals surface area contributed by atoms with Crippen LogP contribution in [0.3, 0.4) is 0 Å². The van der Waals surface area contributed by atoms with Crippen molar-refractivity contribution in [2.75, 3.05) is 0 Å². The molecule has 1 aliphatic heterocycles. The minimum atomic E-state index is 0.437. The van der Waals surface area contributed by atoms with Gasteiger partial charge in [-0.3, -0.25) is 4.68 Å². The van der Waals surface area contributed by atoms with Gasteiger partial charge >= 0.3 is 0 Å². The molecule has 0 aromatic carbocycles. The molecular formula is C14H26N4. The molecule has 2 heterocycles. The number of hydrogen-bond donors (Lipinski definition) is 1. The van der Waals surface area contributed by atoms with Gasteiger partial charge in [0.25, 0.3) is 0 Å². The van der Waals surface area contributed by atoms with Gasteiger partial charge in [-0.05, 0) is 46.6 Å². The molecule has 1 aromatic rings. The monoisotopic (exact) mass is 250 g/mol. The highest BCUT2D eigenvalue weighted by Crippen LogP contribution is 2.20. The van der Waals surface area contributed by atoms with Crippen LogP contribution in [0.25, 0.3) is 0 Å². The Labute approximate surface area is 110 Å². The van der Waals surface area contributed by atoms with Crippen molar-refractivity contribution in [1.82, 2.24) is 20.2 Å². The molecule has 4 heteroatoms. The molecular weight excluding hydrogens is 224 g/mol. The van der Waals surface area contributed by atoms with Gasteiger partial charge in [0.2, 0.25) is 0 Å². The van der Waals surface area contributed by atoms with Gasteiger partial charge in [0.15, 0.2) is 0 Å². The van der Waals surface area contributed by atoms with E-state index in [0.29, 0.717) is 18.1 Å². The van der Waals surface area contributed by atoms with Crippen LogP contribution in [0.2, 0.25) is 0 Å². The fraction of sp³-hybridized carbons (Fsp3) is 0.786. The standard InChI is InChI=1S/C14H26N4/c1-11(2)17-9-8-14(16-17)10-15-18-12(3)6-5-7-13(18)4/h8-9,11-13,15H,5-7,10H2,1-4H3. The Bertz CT molecular complexity index is 362. The van der Waals surface area contributed by atoms with Crippen LogP contribution in [-0.4, -0.2) is 26.9 Å². The van der Waals surface area contributed by atoms with Gasteiger partial charge < -0.3 is 0 Å². The Morgan fingerprint density at radius 2 is 2.00 bits per heavy atom. The highest BCUT2D eigenvalue weighted by Gasteiger charge is 2.24. The summed E-state index contributed by atoms with van der Waals surface area (Å²) in [4.78, 5) is 0. The van der Waals surface area contributed by atoms with E-state index in [1.165, 1.54) is 19.3 Å². The van der Waals surface area contributed by atoms with E-state index in [1.807, 2.05) is 4.68 Å². The highest BCUT2D eigenvalue weighted by molar-refractivity contribution is 4.99. The lowest BCUT2D eigenvalue weighted by molar-refractivity contribution is 0.0430. The van der Waals surface area contributed by atoms with Crippen LogP contribution in [-0.2, 0) is 6.54 Å². The first-order valence-electron chi connectivity index (χ1n) is 7.14. The quantitative estimate of drug-likeness (QED) is 0.892. The van der Waals surface area contributed by atoms with Crippen molar-refractivity contribution in [1.29, 1.82) is 0 Å². The molecule has 0 radical (unpaired) electrons. The van der Waals surface area contributed by atoms with Crippen LogP contribution in [0.1, 0.15) is 58.7 Å². The van der Waals surface area contributed by atoms with E-state index in [-0.39, 0.29) is 0 Å². The Morgan fingerprint density at radius 1 is 1.33 bits per heavy atom. The topological polar surface area (TPSA) is 33.1 Å². The Morgan fingerprint density at radius 3 is 2.56 bits per heavy atom. The lowest BCUT2D eigenvalue weighted by atomic mass is 10.00. The molecule has 1 saturated heterocycles. The maximum absolute atomic E-state index is 4.57. The third kappa shape index (κ3) is 3.12. The van der Waals surface area contributed by atoms with Crippen molar-refractivity contribution >= 4 is 0 Å². The average Bonchev–Trinajstić information content (AvgIpc) is 2.77. The minimum absolute atomic E-state index is 0.437. The average molecular weight is 250 g/mol. The summed E-state index contributed by atoms with van der Waals surface area (Å²) in [6.45, 7) is 9.73. The number of rotatable bonds is 4. The number of hydrazine groups is 1. The normalized spacial score (nSPS) is 25.8. The molecule has 1 N–H and O–H groups in total. The number of piperidine rings is 1. The predicted molar refractivity (Wildman–Crippen MR) is 74.1 cm³/mol. The van der Waals surface area contributed by atoms with Gasteiger partial charge in [-0.25, -0.2) is 10.4 Å². The smallest absolute Gasteiger partial charge is 0.0776 e. The summed E-state index contributed by atoms with van der Waals surface area (Å²) in [6, 6.07) is 3.79. The Balaban J connectivity index is 1.89. The molecule has 1 aromatic heterocycles. The summed E-state index contributed by atoms with van der Waals surface area (Å²) in [5.74, 6) is 0. The predicted octanol–water partition coefficient (Wildman–Crippen LogP) is 2.73. The molecule has 1 aliphatic rings. The van der Waals surface area contributed by atoms with E-state index in [0.717, 1.165) is 12.2 Å². The van der Waals surface area contributed by atoms with Gasteiger partial charge in [0.1, 0.15) is 0 Å². The number of nitrogens with one attached hydrogen (secondary N) is 1. The molecule has 2 unspecified atom stereocenters. The maximum Gasteiger partial charge on any atom is 0.0776 e. The fourth-order valence-electron chi connectivity index (χ4n) is 2.66. The zero-order valence-corrected chi connectivity index (χ0v) is 12.1. The summed E-state index contributed by atoms with van der Waals surface area (Å²) in [5.41, 5.74) is 4.67. The van der Waals surface area contributed by atoms with Gasteiger partial charge in [-0.1, -0.05) is 6.42 Å². The second-order valence-electron chi connectivity index (χ2n) is 5.75. The third-order valence-electron chi connectivity index (χ3n) is 3.83. The second-order valence-corrected chi connectivity index (χ2v) is 5.75. The van der Waals surface area contributed by atoms with Crippen LogP contribution in [0.5, 0.6) is 0 Å². The first-order valence-corrected chi connectivity index (χ1v) is 7.14. The second kappa shape index (κ2) is 5.85. The fourth-order valence-corrected chi connectivity index (χ4v) is 2.66. The van der Waals surface area contributed by atoms with Gasteiger partial charge in [0, 0.05) is 24.3 Å². The van der Waals surface area contributed by atoms with E-state index in [4.69, 9.17) is 0 Å². The Kier molecular flexibility index (Phi) is 4.40. The van der Waals surface area contributed by atoms with Crippen LogP contribution < -0.4 is 5.43 Å². The van der Waals surface area contributed by atoms with Crippen molar-refractivity contribution in [3.05, 3.63) is 18.0 Å². The summed E-state index contributed by atoms with van der Waals surface area (Å²) in [5, 5.41) is 6.97. The minimum Gasteiger partial charge on any atom is -0.270 e. The molecule has 2 atom stereocenters. The van der Waals surface area contributed by atoms with Crippen molar-refractivity contribution in [3.8, 4) is 0 Å². The largest absolute Gasteiger partial charge is 0.270 e. The lowest BCUT2D eigenvalue weighted by Gasteiger charge is -2.38. The van der Waals surface area contributed by atoms with Crippen LogP contribution in [0, 0.1) is 0 Å². The van der Waals surface area contributed by atoms with Crippen LogP contribution in [0.15, 0.2) is 12.3 Å². The maximum atomic E-state index is 4.57. The molecule has 1 fully saturated rings. The number of aromatic nitrogens is 2.